The van der Waals surface area contributed by atoms with Crippen molar-refractivity contribution in [1.29, 1.82) is 5.26 Å². The number of aromatic nitrogens is 4. The summed E-state index contributed by atoms with van der Waals surface area (Å²) in [6.07, 6.45) is 3.20. The van der Waals surface area contributed by atoms with Gasteiger partial charge in [0.2, 0.25) is 5.91 Å². The van der Waals surface area contributed by atoms with Crippen molar-refractivity contribution in [3.8, 4) is 17.7 Å². The third-order valence-electron chi connectivity index (χ3n) is 6.03. The molecule has 0 bridgehead atoms. The standard InChI is InChI=1S/C25H22N6O3S/c26-16-25(12-6-7-13-25)27-20(32)15-35-24-29-28-22(34-24)21-18-10-4-5-11-19(18)23(33)31(30-21)14-17-8-2-1-3-9-17/h1-5,8-11H,6-7,12-15H2,(H,27,32). The zero-order chi connectivity index (χ0) is 24.3. The SMILES string of the molecule is N#CC1(NC(=O)CSc2nnc(-c3nn(Cc4ccccc4)c(=O)c4ccccc34)o2)CCCC1. The number of benzene rings is 2. The van der Waals surface area contributed by atoms with E-state index in [2.05, 4.69) is 26.7 Å². The highest BCUT2D eigenvalue weighted by Crippen LogP contribution is 2.30. The Morgan fingerprint density at radius 3 is 2.54 bits per heavy atom. The minimum atomic E-state index is -0.771. The normalized spacial score (nSPS) is 14.6. The molecule has 0 spiro atoms. The number of thioether (sulfide) groups is 1. The molecule has 1 aliphatic rings. The zero-order valence-corrected chi connectivity index (χ0v) is 19.6. The average molecular weight is 487 g/mol. The number of nitrogens with zero attached hydrogens (tertiary/aromatic N) is 5. The predicted molar refractivity (Wildman–Crippen MR) is 131 cm³/mol. The first-order valence-electron chi connectivity index (χ1n) is 11.3. The van der Waals surface area contributed by atoms with Crippen LogP contribution >= 0.6 is 11.8 Å². The summed E-state index contributed by atoms with van der Waals surface area (Å²) in [5.41, 5.74) is 0.354. The van der Waals surface area contributed by atoms with Gasteiger partial charge < -0.3 is 9.73 Å². The van der Waals surface area contributed by atoms with Gasteiger partial charge in [0.1, 0.15) is 5.54 Å². The molecular weight excluding hydrogens is 464 g/mol. The Labute approximate surface area is 205 Å². The highest BCUT2D eigenvalue weighted by Gasteiger charge is 2.35. The summed E-state index contributed by atoms with van der Waals surface area (Å²) in [7, 11) is 0. The summed E-state index contributed by atoms with van der Waals surface area (Å²) in [4.78, 5) is 25.5. The van der Waals surface area contributed by atoms with Crippen LogP contribution in [0, 0.1) is 11.3 Å². The largest absolute Gasteiger partial charge is 0.409 e. The number of carbonyl (C=O) groups is 1. The van der Waals surface area contributed by atoms with E-state index >= 15 is 0 Å². The van der Waals surface area contributed by atoms with Crippen molar-refractivity contribution >= 4 is 28.4 Å². The van der Waals surface area contributed by atoms with Crippen LogP contribution in [0.15, 0.2) is 69.0 Å². The van der Waals surface area contributed by atoms with E-state index in [0.29, 0.717) is 35.9 Å². The number of fused-ring (bicyclic) bond motifs is 1. The van der Waals surface area contributed by atoms with Crippen molar-refractivity contribution in [3.63, 3.8) is 0 Å². The molecule has 9 nitrogen and oxygen atoms in total. The third-order valence-corrected chi connectivity index (χ3v) is 6.85. The molecule has 1 saturated carbocycles. The molecule has 5 rings (SSSR count). The van der Waals surface area contributed by atoms with Crippen molar-refractivity contribution in [2.45, 2.75) is 43.0 Å². The first-order valence-corrected chi connectivity index (χ1v) is 12.3. The molecule has 10 heteroatoms. The average Bonchev–Trinajstić information content (AvgIpc) is 3.55. The predicted octanol–water partition coefficient (Wildman–Crippen LogP) is 3.54. The van der Waals surface area contributed by atoms with Gasteiger partial charge in [0.05, 0.1) is 23.8 Å². The van der Waals surface area contributed by atoms with Gasteiger partial charge in [-0.05, 0) is 37.3 Å². The van der Waals surface area contributed by atoms with Crippen LogP contribution in [0.5, 0.6) is 0 Å². The fraction of sp³-hybridized carbons (Fsp3) is 0.280. The van der Waals surface area contributed by atoms with Crippen LogP contribution in [0.4, 0.5) is 0 Å². The monoisotopic (exact) mass is 486 g/mol. The molecule has 0 saturated heterocycles. The molecule has 2 aromatic heterocycles. The molecule has 0 radical (unpaired) electrons. The smallest absolute Gasteiger partial charge is 0.277 e. The van der Waals surface area contributed by atoms with E-state index in [1.165, 1.54) is 4.68 Å². The minimum Gasteiger partial charge on any atom is -0.409 e. The maximum Gasteiger partial charge on any atom is 0.277 e. The summed E-state index contributed by atoms with van der Waals surface area (Å²) in [6, 6.07) is 19.0. The van der Waals surface area contributed by atoms with Gasteiger partial charge in [-0.3, -0.25) is 9.59 Å². The lowest BCUT2D eigenvalue weighted by Gasteiger charge is -2.21. The molecular formula is C25H22N6O3S. The summed E-state index contributed by atoms with van der Waals surface area (Å²) in [5, 5.41) is 26.3. The van der Waals surface area contributed by atoms with E-state index in [4.69, 9.17) is 4.42 Å². The third kappa shape index (κ3) is 4.81. The van der Waals surface area contributed by atoms with Gasteiger partial charge in [-0.25, -0.2) is 4.68 Å². The Morgan fingerprint density at radius 2 is 1.80 bits per heavy atom. The van der Waals surface area contributed by atoms with E-state index in [-0.39, 0.29) is 28.3 Å². The first kappa shape index (κ1) is 22.8. The quantitative estimate of drug-likeness (QED) is 0.393. The van der Waals surface area contributed by atoms with Crippen LogP contribution in [-0.4, -0.2) is 37.2 Å². The molecule has 1 fully saturated rings. The van der Waals surface area contributed by atoms with E-state index in [0.717, 1.165) is 30.2 Å². The number of rotatable bonds is 7. The zero-order valence-electron chi connectivity index (χ0n) is 18.8. The van der Waals surface area contributed by atoms with Crippen molar-refractivity contribution < 1.29 is 9.21 Å². The van der Waals surface area contributed by atoms with E-state index in [1.54, 1.807) is 18.2 Å². The van der Waals surface area contributed by atoms with Gasteiger partial charge in [0.25, 0.3) is 16.7 Å². The van der Waals surface area contributed by atoms with Crippen LogP contribution in [-0.2, 0) is 11.3 Å². The number of nitrogens with one attached hydrogen (secondary N) is 1. The molecule has 1 aliphatic carbocycles. The fourth-order valence-electron chi connectivity index (χ4n) is 4.29. The van der Waals surface area contributed by atoms with Gasteiger partial charge >= 0.3 is 0 Å². The van der Waals surface area contributed by atoms with Crippen LogP contribution in [0.25, 0.3) is 22.4 Å². The lowest BCUT2D eigenvalue weighted by molar-refractivity contribution is -0.119. The van der Waals surface area contributed by atoms with Crippen molar-refractivity contribution in [2.24, 2.45) is 0 Å². The lowest BCUT2D eigenvalue weighted by atomic mass is 10.0. The van der Waals surface area contributed by atoms with Crippen molar-refractivity contribution in [3.05, 3.63) is 70.5 Å². The molecule has 35 heavy (non-hydrogen) atoms. The molecule has 176 valence electrons. The fourth-order valence-corrected chi connectivity index (χ4v) is 4.86. The second kappa shape index (κ2) is 9.72. The van der Waals surface area contributed by atoms with Gasteiger partial charge in [0.15, 0.2) is 5.69 Å². The Bertz CT molecular complexity index is 1470. The van der Waals surface area contributed by atoms with E-state index < -0.39 is 5.54 Å². The summed E-state index contributed by atoms with van der Waals surface area (Å²) in [6.45, 7) is 0.300. The van der Waals surface area contributed by atoms with Crippen molar-refractivity contribution in [1.82, 2.24) is 25.3 Å². The van der Waals surface area contributed by atoms with Gasteiger partial charge in [0, 0.05) is 5.39 Å². The first-order chi connectivity index (χ1) is 17.1. The van der Waals surface area contributed by atoms with Gasteiger partial charge in [-0.1, -0.05) is 60.3 Å². The number of hydrogen-bond donors (Lipinski definition) is 1. The van der Waals surface area contributed by atoms with Crippen LogP contribution in [0.1, 0.15) is 31.2 Å². The topological polar surface area (TPSA) is 127 Å². The Morgan fingerprint density at radius 1 is 1.09 bits per heavy atom. The summed E-state index contributed by atoms with van der Waals surface area (Å²) >= 11 is 1.09. The molecule has 2 heterocycles. The number of nitriles is 1. The van der Waals surface area contributed by atoms with Crippen molar-refractivity contribution in [2.75, 3.05) is 5.75 Å². The maximum absolute atomic E-state index is 13.1. The molecule has 0 unspecified atom stereocenters. The van der Waals surface area contributed by atoms with E-state index in [1.807, 2.05) is 36.4 Å². The molecule has 1 N–H and O–H groups in total. The Kier molecular flexibility index (Phi) is 6.33. The summed E-state index contributed by atoms with van der Waals surface area (Å²) < 4.78 is 7.20. The molecule has 0 aliphatic heterocycles. The maximum atomic E-state index is 13.1. The number of hydrogen-bond acceptors (Lipinski definition) is 8. The van der Waals surface area contributed by atoms with E-state index in [9.17, 15) is 14.9 Å². The van der Waals surface area contributed by atoms with Gasteiger partial charge in [-0.15, -0.1) is 10.2 Å². The van der Waals surface area contributed by atoms with Crippen LogP contribution in [0.2, 0.25) is 0 Å². The number of amides is 1. The molecule has 2 aromatic carbocycles. The molecule has 1 amide bonds. The van der Waals surface area contributed by atoms with Crippen LogP contribution < -0.4 is 10.9 Å². The van der Waals surface area contributed by atoms with Crippen LogP contribution in [0.3, 0.4) is 0 Å². The molecule has 0 atom stereocenters. The molecule has 4 aromatic rings. The Balaban J connectivity index is 1.38. The number of carbonyl (C=O) groups excluding carboxylic acids is 1. The summed E-state index contributed by atoms with van der Waals surface area (Å²) in [5.74, 6) is -0.0411. The highest BCUT2D eigenvalue weighted by atomic mass is 32.2. The lowest BCUT2D eigenvalue weighted by Crippen LogP contribution is -2.45. The highest BCUT2D eigenvalue weighted by molar-refractivity contribution is 7.99. The van der Waals surface area contributed by atoms with Gasteiger partial charge in [-0.2, -0.15) is 10.4 Å². The minimum absolute atomic E-state index is 0.0484. The second-order valence-corrected chi connectivity index (χ2v) is 9.38. The second-order valence-electron chi connectivity index (χ2n) is 8.45. The Hall–Kier alpha value is -3.97.